The van der Waals surface area contributed by atoms with Gasteiger partial charge in [-0.2, -0.15) is 8.42 Å². The lowest BCUT2D eigenvalue weighted by atomic mass is 10.1. The summed E-state index contributed by atoms with van der Waals surface area (Å²) in [6, 6.07) is 13.5. The fourth-order valence-electron chi connectivity index (χ4n) is 3.45. The smallest absolute Gasteiger partial charge is 0.264 e. The van der Waals surface area contributed by atoms with Crippen LogP contribution >= 0.6 is 0 Å². The van der Waals surface area contributed by atoms with E-state index in [0.29, 0.717) is 17.9 Å². The maximum Gasteiger partial charge on any atom is 0.264 e. The molecule has 30 heavy (non-hydrogen) atoms. The van der Waals surface area contributed by atoms with E-state index in [1.165, 1.54) is 5.56 Å². The Morgan fingerprint density at radius 3 is 2.30 bits per heavy atom. The minimum atomic E-state index is -4.02. The fourth-order valence-corrected chi connectivity index (χ4v) is 3.95. The lowest BCUT2D eigenvalue weighted by molar-refractivity contribution is 0.477. The maximum atomic E-state index is 11.1. The number of hydrogen-bond donors (Lipinski definition) is 1. The van der Waals surface area contributed by atoms with Gasteiger partial charge >= 0.3 is 0 Å². The highest BCUT2D eigenvalue weighted by molar-refractivity contribution is 7.85. The molecule has 0 spiro atoms. The Bertz CT molecular complexity index is 1200. The van der Waals surface area contributed by atoms with Gasteiger partial charge in [-0.1, -0.05) is 41.0 Å². The van der Waals surface area contributed by atoms with Crippen LogP contribution in [-0.2, 0) is 16.7 Å². The van der Waals surface area contributed by atoms with E-state index < -0.39 is 10.1 Å². The maximum absolute atomic E-state index is 11.1. The first-order valence-electron chi connectivity index (χ1n) is 9.55. The van der Waals surface area contributed by atoms with Crippen molar-refractivity contribution in [3.05, 3.63) is 77.2 Å². The third-order valence-corrected chi connectivity index (χ3v) is 5.40. The second kappa shape index (κ2) is 9.19. The highest BCUT2D eigenvalue weighted by Crippen LogP contribution is 2.20. The molecule has 1 N–H and O–H groups in total. The Kier molecular flexibility index (Phi) is 6.63. The predicted octanol–water partition coefficient (Wildman–Crippen LogP) is 4.08. The Morgan fingerprint density at radius 1 is 1.00 bits per heavy atom. The molecular formula is C21H25N5O3S. The molecule has 0 aliphatic rings. The van der Waals surface area contributed by atoms with Crippen molar-refractivity contribution in [1.29, 1.82) is 0 Å². The van der Waals surface area contributed by atoms with Crippen molar-refractivity contribution < 1.29 is 13.0 Å². The molecule has 0 bridgehead atoms. The number of aromatic nitrogens is 2. The molecule has 8 nitrogen and oxygen atoms in total. The van der Waals surface area contributed by atoms with E-state index >= 15 is 0 Å². The van der Waals surface area contributed by atoms with Crippen LogP contribution in [0.1, 0.15) is 23.1 Å². The standard InChI is InChI=1S/C21H25N5O3S/c1-16-14-17(2)20(18(3)15-16)26-12-11-25(10-7-13-30(27,28)29)21(26)23-24-22-19-8-5-4-6-9-19/h4-6,8-9,11-12,14-15H,7,10,13H2,1-3H3,(H,27,28,29)/b23-21-,24-22?. The van der Waals surface area contributed by atoms with Gasteiger partial charge < -0.3 is 4.57 Å². The SMILES string of the molecule is Cc1cc(C)c(-n2ccn(CCCS(=O)(=O)O)/c2=N/N=Nc2ccccc2)c(C)c1. The molecule has 9 heteroatoms. The van der Waals surface area contributed by atoms with Gasteiger partial charge in [0.05, 0.1) is 17.1 Å². The topological polar surface area (TPSA) is 101 Å². The molecule has 1 heterocycles. The molecule has 0 atom stereocenters. The average molecular weight is 428 g/mol. The summed E-state index contributed by atoms with van der Waals surface area (Å²) in [5.74, 6) is -0.321. The minimum absolute atomic E-state index is 0.248. The van der Waals surface area contributed by atoms with Crippen LogP contribution in [0.25, 0.3) is 5.69 Å². The first-order valence-corrected chi connectivity index (χ1v) is 11.2. The number of imidazole rings is 1. The molecule has 0 radical (unpaired) electrons. The van der Waals surface area contributed by atoms with E-state index in [0.717, 1.165) is 16.8 Å². The van der Waals surface area contributed by atoms with Gasteiger partial charge in [0.2, 0.25) is 5.62 Å². The van der Waals surface area contributed by atoms with Crippen LogP contribution in [0.2, 0.25) is 0 Å². The van der Waals surface area contributed by atoms with Crippen molar-refractivity contribution in [3.63, 3.8) is 0 Å². The monoisotopic (exact) mass is 427 g/mol. The normalized spacial score (nSPS) is 12.7. The number of aryl methyl sites for hydroxylation is 4. The summed E-state index contributed by atoms with van der Waals surface area (Å²) in [5.41, 5.74) is 5.53. The first kappa shape index (κ1) is 21.7. The zero-order valence-electron chi connectivity index (χ0n) is 17.2. The summed E-state index contributed by atoms with van der Waals surface area (Å²) < 4.78 is 34.9. The van der Waals surface area contributed by atoms with Gasteiger partial charge in [-0.05, 0) is 55.7 Å². The fraction of sp³-hybridized carbons (Fsp3) is 0.286. The molecule has 0 aliphatic heterocycles. The Morgan fingerprint density at radius 2 is 1.67 bits per heavy atom. The van der Waals surface area contributed by atoms with Crippen molar-refractivity contribution in [1.82, 2.24) is 9.13 Å². The molecule has 2 aromatic carbocycles. The van der Waals surface area contributed by atoms with Gasteiger partial charge in [-0.15, -0.1) is 5.11 Å². The summed E-state index contributed by atoms with van der Waals surface area (Å²) in [4.78, 5) is 0. The van der Waals surface area contributed by atoms with Crippen LogP contribution in [0, 0.1) is 20.8 Å². The largest absolute Gasteiger partial charge is 0.315 e. The number of nitrogens with zero attached hydrogens (tertiary/aromatic N) is 5. The minimum Gasteiger partial charge on any atom is -0.315 e. The zero-order valence-corrected chi connectivity index (χ0v) is 18.0. The van der Waals surface area contributed by atoms with Gasteiger partial charge in [0.25, 0.3) is 10.1 Å². The van der Waals surface area contributed by atoms with Gasteiger partial charge in [0.1, 0.15) is 0 Å². The van der Waals surface area contributed by atoms with E-state index in [1.807, 2.05) is 68.1 Å². The number of benzene rings is 2. The molecule has 0 aliphatic carbocycles. The molecule has 1 aromatic heterocycles. The van der Waals surface area contributed by atoms with Crippen LogP contribution < -0.4 is 5.62 Å². The molecule has 3 aromatic rings. The summed E-state index contributed by atoms with van der Waals surface area (Å²) in [6.45, 7) is 6.48. The van der Waals surface area contributed by atoms with Crippen LogP contribution in [0.3, 0.4) is 0 Å². The van der Waals surface area contributed by atoms with Crippen LogP contribution in [0.5, 0.6) is 0 Å². The lowest BCUT2D eigenvalue weighted by Gasteiger charge is -2.12. The molecule has 0 saturated carbocycles. The first-order chi connectivity index (χ1) is 14.2. The van der Waals surface area contributed by atoms with Crippen molar-refractivity contribution in [2.45, 2.75) is 33.7 Å². The molecule has 3 rings (SSSR count). The Labute approximate surface area is 176 Å². The van der Waals surface area contributed by atoms with Gasteiger partial charge in [-0.25, -0.2) is 0 Å². The van der Waals surface area contributed by atoms with Crippen LogP contribution in [0.15, 0.2) is 70.3 Å². The third kappa shape index (κ3) is 5.52. The van der Waals surface area contributed by atoms with E-state index in [2.05, 4.69) is 27.6 Å². The quantitative estimate of drug-likeness (QED) is 0.349. The van der Waals surface area contributed by atoms with Gasteiger partial charge in [0.15, 0.2) is 0 Å². The average Bonchev–Trinajstić information content (AvgIpc) is 3.03. The third-order valence-electron chi connectivity index (χ3n) is 4.60. The van der Waals surface area contributed by atoms with Gasteiger partial charge in [0, 0.05) is 18.9 Å². The summed E-state index contributed by atoms with van der Waals surface area (Å²) in [6.07, 6.45) is 3.94. The molecule has 158 valence electrons. The molecular weight excluding hydrogens is 402 g/mol. The summed E-state index contributed by atoms with van der Waals surface area (Å²) >= 11 is 0. The summed E-state index contributed by atoms with van der Waals surface area (Å²) in [5, 5.41) is 12.5. The number of rotatable bonds is 7. The van der Waals surface area contributed by atoms with E-state index in [9.17, 15) is 8.42 Å². The van der Waals surface area contributed by atoms with E-state index in [-0.39, 0.29) is 12.2 Å². The van der Waals surface area contributed by atoms with Crippen LogP contribution in [0.4, 0.5) is 5.69 Å². The highest BCUT2D eigenvalue weighted by Gasteiger charge is 2.11. The van der Waals surface area contributed by atoms with Crippen molar-refractivity contribution in [3.8, 4) is 5.69 Å². The lowest BCUT2D eigenvalue weighted by Crippen LogP contribution is -2.26. The summed E-state index contributed by atoms with van der Waals surface area (Å²) in [7, 11) is -4.02. The Hall–Kier alpha value is -3.04. The molecule has 0 amide bonds. The second-order valence-corrected chi connectivity index (χ2v) is 8.75. The zero-order chi connectivity index (χ0) is 21.7. The molecule has 0 saturated heterocycles. The van der Waals surface area contributed by atoms with Gasteiger partial charge in [-0.3, -0.25) is 9.12 Å². The van der Waals surface area contributed by atoms with E-state index in [1.54, 1.807) is 4.57 Å². The second-order valence-electron chi connectivity index (χ2n) is 7.17. The number of hydrogen-bond acceptors (Lipinski definition) is 4. The molecule has 0 unspecified atom stereocenters. The highest BCUT2D eigenvalue weighted by atomic mass is 32.2. The predicted molar refractivity (Wildman–Crippen MR) is 116 cm³/mol. The molecule has 0 fully saturated rings. The van der Waals surface area contributed by atoms with Crippen molar-refractivity contribution in [2.75, 3.05) is 5.75 Å². The van der Waals surface area contributed by atoms with Crippen molar-refractivity contribution in [2.24, 2.45) is 15.4 Å². The van der Waals surface area contributed by atoms with Crippen molar-refractivity contribution >= 4 is 15.8 Å². The Balaban J connectivity index is 2.05. The van der Waals surface area contributed by atoms with E-state index in [4.69, 9.17) is 4.55 Å². The van der Waals surface area contributed by atoms with Crippen LogP contribution in [-0.4, -0.2) is 27.9 Å².